The van der Waals surface area contributed by atoms with Crippen LogP contribution in [-0.4, -0.2) is 31.4 Å². The summed E-state index contributed by atoms with van der Waals surface area (Å²) in [5, 5.41) is 12.7. The summed E-state index contributed by atoms with van der Waals surface area (Å²) in [7, 11) is 0. The van der Waals surface area contributed by atoms with Crippen molar-refractivity contribution >= 4 is 17.7 Å². The zero-order valence-corrected chi connectivity index (χ0v) is 18.8. The number of nitrogens with one attached hydrogen (secondary N) is 1. The molecule has 0 saturated carbocycles. The van der Waals surface area contributed by atoms with Crippen LogP contribution in [0.4, 0.5) is 0 Å². The Balaban J connectivity index is 1.39. The number of aryl methyl sites for hydroxylation is 1. The van der Waals surface area contributed by atoms with Crippen LogP contribution in [0, 0.1) is 6.92 Å². The Morgan fingerprint density at radius 2 is 1.81 bits per heavy atom. The summed E-state index contributed by atoms with van der Waals surface area (Å²) in [5.41, 5.74) is 4.24. The first-order valence-corrected chi connectivity index (χ1v) is 11.6. The highest BCUT2D eigenvalue weighted by Gasteiger charge is 2.16. The number of pyridine rings is 1. The lowest BCUT2D eigenvalue weighted by Gasteiger charge is -2.10. The van der Waals surface area contributed by atoms with E-state index in [-0.39, 0.29) is 5.91 Å². The number of amides is 1. The lowest BCUT2D eigenvalue weighted by atomic mass is 10.1. The second-order valence-corrected chi connectivity index (χ2v) is 8.50. The van der Waals surface area contributed by atoms with Gasteiger partial charge in [0.05, 0.1) is 0 Å². The van der Waals surface area contributed by atoms with Crippen molar-refractivity contribution in [1.82, 2.24) is 25.1 Å². The molecule has 4 rings (SSSR count). The van der Waals surface area contributed by atoms with Gasteiger partial charge in [0, 0.05) is 42.4 Å². The van der Waals surface area contributed by atoms with E-state index < -0.39 is 0 Å². The molecule has 0 spiro atoms. The van der Waals surface area contributed by atoms with Crippen molar-refractivity contribution in [2.45, 2.75) is 31.5 Å². The average Bonchev–Trinajstić information content (AvgIpc) is 3.26. The van der Waals surface area contributed by atoms with Crippen molar-refractivity contribution < 1.29 is 4.79 Å². The van der Waals surface area contributed by atoms with Gasteiger partial charge in [0.15, 0.2) is 11.0 Å². The first-order chi connectivity index (χ1) is 15.7. The van der Waals surface area contributed by atoms with E-state index in [1.165, 1.54) is 5.56 Å². The minimum Gasteiger partial charge on any atom is -0.352 e. The van der Waals surface area contributed by atoms with Gasteiger partial charge in [-0.3, -0.25) is 14.3 Å². The third-order valence-corrected chi connectivity index (χ3v) is 5.96. The molecule has 0 atom stereocenters. The fourth-order valence-electron chi connectivity index (χ4n) is 3.25. The second kappa shape index (κ2) is 10.7. The van der Waals surface area contributed by atoms with Crippen molar-refractivity contribution in [3.05, 3.63) is 90.3 Å². The number of nitrogens with zero attached hydrogens (tertiary/aromatic N) is 4. The zero-order chi connectivity index (χ0) is 22.2. The molecule has 0 aliphatic heterocycles. The van der Waals surface area contributed by atoms with Gasteiger partial charge in [-0.15, -0.1) is 10.2 Å². The molecule has 32 heavy (non-hydrogen) atoms. The first-order valence-electron chi connectivity index (χ1n) is 10.6. The predicted molar refractivity (Wildman–Crippen MR) is 128 cm³/mol. The van der Waals surface area contributed by atoms with E-state index >= 15 is 0 Å². The van der Waals surface area contributed by atoms with Gasteiger partial charge >= 0.3 is 0 Å². The Kier molecular flexibility index (Phi) is 7.30. The van der Waals surface area contributed by atoms with Crippen LogP contribution >= 0.6 is 11.8 Å². The van der Waals surface area contributed by atoms with Gasteiger partial charge in [-0.05, 0) is 37.1 Å². The average molecular weight is 444 g/mol. The molecule has 6 nitrogen and oxygen atoms in total. The maximum atomic E-state index is 12.2. The Hall–Kier alpha value is -3.45. The molecule has 2 aromatic heterocycles. The number of benzene rings is 2. The van der Waals surface area contributed by atoms with E-state index in [2.05, 4.69) is 68.4 Å². The third kappa shape index (κ3) is 5.62. The molecular formula is C25H25N5OS. The normalized spacial score (nSPS) is 10.8. The van der Waals surface area contributed by atoms with Crippen LogP contribution < -0.4 is 5.32 Å². The first kappa shape index (κ1) is 21.8. The van der Waals surface area contributed by atoms with E-state index in [9.17, 15) is 4.79 Å². The van der Waals surface area contributed by atoms with Crippen LogP contribution in [0.2, 0.25) is 0 Å². The van der Waals surface area contributed by atoms with Gasteiger partial charge in [-0.25, -0.2) is 0 Å². The fraction of sp³-hybridized carbons (Fsp3) is 0.200. The summed E-state index contributed by atoms with van der Waals surface area (Å²) in [5.74, 6) is 1.63. The third-order valence-electron chi connectivity index (χ3n) is 4.95. The highest BCUT2D eigenvalue weighted by atomic mass is 32.2. The van der Waals surface area contributed by atoms with Crippen LogP contribution in [0.5, 0.6) is 0 Å². The maximum absolute atomic E-state index is 12.2. The SMILES string of the molecule is Cc1ccc(-c2nnc(SCCCC(=O)NCc3cccnc3)n2-c2ccccc2)cc1. The summed E-state index contributed by atoms with van der Waals surface area (Å²) < 4.78 is 2.08. The Labute approximate surface area is 192 Å². The molecule has 0 saturated heterocycles. The maximum Gasteiger partial charge on any atom is 0.220 e. The summed E-state index contributed by atoms with van der Waals surface area (Å²) in [6.07, 6.45) is 4.71. The van der Waals surface area contributed by atoms with Crippen molar-refractivity contribution in [3.63, 3.8) is 0 Å². The van der Waals surface area contributed by atoms with E-state index in [4.69, 9.17) is 0 Å². The molecular weight excluding hydrogens is 418 g/mol. The van der Waals surface area contributed by atoms with Crippen molar-refractivity contribution in [1.29, 1.82) is 0 Å². The van der Waals surface area contributed by atoms with E-state index in [1.807, 2.05) is 30.3 Å². The molecule has 0 fully saturated rings. The van der Waals surface area contributed by atoms with E-state index in [0.29, 0.717) is 13.0 Å². The van der Waals surface area contributed by atoms with Crippen LogP contribution in [0.15, 0.2) is 84.3 Å². The summed E-state index contributed by atoms with van der Waals surface area (Å²) in [6, 6.07) is 22.2. The van der Waals surface area contributed by atoms with E-state index in [0.717, 1.165) is 40.0 Å². The number of aromatic nitrogens is 4. The molecule has 7 heteroatoms. The molecule has 1 amide bonds. The smallest absolute Gasteiger partial charge is 0.220 e. The standard InChI is InChI=1S/C25H25N5OS/c1-19-11-13-21(14-12-19)24-28-29-25(30(24)22-8-3-2-4-9-22)32-16-6-10-23(31)27-18-20-7-5-15-26-17-20/h2-5,7-9,11-15,17H,6,10,16,18H2,1H3,(H,27,31). The number of hydrogen-bond acceptors (Lipinski definition) is 5. The fourth-order valence-corrected chi connectivity index (χ4v) is 4.14. The van der Waals surface area contributed by atoms with Crippen molar-refractivity contribution in [3.8, 4) is 17.1 Å². The van der Waals surface area contributed by atoms with Gasteiger partial charge in [0.1, 0.15) is 0 Å². The highest BCUT2D eigenvalue weighted by Crippen LogP contribution is 2.28. The lowest BCUT2D eigenvalue weighted by Crippen LogP contribution is -2.22. The summed E-state index contributed by atoms with van der Waals surface area (Å²) in [4.78, 5) is 16.2. The Bertz CT molecular complexity index is 1140. The summed E-state index contributed by atoms with van der Waals surface area (Å²) in [6.45, 7) is 2.57. The second-order valence-electron chi connectivity index (χ2n) is 7.43. The van der Waals surface area contributed by atoms with E-state index in [1.54, 1.807) is 24.2 Å². The molecule has 2 aromatic carbocycles. The van der Waals surface area contributed by atoms with Crippen LogP contribution in [-0.2, 0) is 11.3 Å². The van der Waals surface area contributed by atoms with Gasteiger partial charge in [-0.1, -0.05) is 65.9 Å². The summed E-state index contributed by atoms with van der Waals surface area (Å²) >= 11 is 1.62. The van der Waals surface area contributed by atoms with Gasteiger partial charge in [0.25, 0.3) is 0 Å². The predicted octanol–water partition coefficient (Wildman–Crippen LogP) is 4.83. The minimum absolute atomic E-state index is 0.0410. The molecule has 0 bridgehead atoms. The largest absolute Gasteiger partial charge is 0.352 e. The Morgan fingerprint density at radius 3 is 2.56 bits per heavy atom. The molecule has 0 aliphatic rings. The zero-order valence-electron chi connectivity index (χ0n) is 17.9. The molecule has 4 aromatic rings. The van der Waals surface area contributed by atoms with Gasteiger partial charge in [-0.2, -0.15) is 0 Å². The minimum atomic E-state index is 0.0410. The molecule has 0 aliphatic carbocycles. The number of carbonyl (C=O) groups is 1. The van der Waals surface area contributed by atoms with Crippen molar-refractivity contribution in [2.24, 2.45) is 0 Å². The van der Waals surface area contributed by atoms with Gasteiger partial charge < -0.3 is 5.32 Å². The van der Waals surface area contributed by atoms with Crippen molar-refractivity contribution in [2.75, 3.05) is 5.75 Å². The number of rotatable bonds is 9. The topological polar surface area (TPSA) is 72.7 Å². The molecule has 1 N–H and O–H groups in total. The number of thioether (sulfide) groups is 1. The number of para-hydroxylation sites is 1. The number of carbonyl (C=O) groups excluding carboxylic acids is 1. The van der Waals surface area contributed by atoms with Crippen LogP contribution in [0.1, 0.15) is 24.0 Å². The Morgan fingerprint density at radius 1 is 1.00 bits per heavy atom. The highest BCUT2D eigenvalue weighted by molar-refractivity contribution is 7.99. The van der Waals surface area contributed by atoms with Crippen LogP contribution in [0.25, 0.3) is 17.1 Å². The number of hydrogen-bond donors (Lipinski definition) is 1. The molecule has 2 heterocycles. The van der Waals surface area contributed by atoms with Crippen LogP contribution in [0.3, 0.4) is 0 Å². The quantitative estimate of drug-likeness (QED) is 0.296. The molecule has 0 unspecified atom stereocenters. The monoisotopic (exact) mass is 443 g/mol. The molecule has 162 valence electrons. The lowest BCUT2D eigenvalue weighted by molar-refractivity contribution is -0.121. The molecule has 0 radical (unpaired) electrons. The van der Waals surface area contributed by atoms with Gasteiger partial charge in [0.2, 0.25) is 5.91 Å².